The first-order chi connectivity index (χ1) is 6.81. The largest absolute Gasteiger partial charge is 0.243 e. The second-order valence-electron chi connectivity index (χ2n) is 3.24. The summed E-state index contributed by atoms with van der Waals surface area (Å²) in [4.78, 5) is 0. The standard InChI is InChI=1S/C10H14N4/c1-3-14-12-11-8-13(14)10-6-4-9(2)5-7-10/h4-8,12H,3H2,1-2H3. The van der Waals surface area contributed by atoms with Gasteiger partial charge in [0, 0.05) is 6.54 Å². The van der Waals surface area contributed by atoms with Crippen LogP contribution in [0.25, 0.3) is 0 Å². The zero-order valence-corrected chi connectivity index (χ0v) is 8.44. The normalized spacial score (nSPS) is 16.0. The molecule has 0 amide bonds. The number of hydrogen-bond donors (Lipinski definition) is 1. The summed E-state index contributed by atoms with van der Waals surface area (Å²) in [6.07, 6.45) is 1.77. The number of aryl methyl sites for hydroxylation is 1. The molecule has 1 N–H and O–H groups in total. The lowest BCUT2D eigenvalue weighted by Crippen LogP contribution is -2.42. The lowest BCUT2D eigenvalue weighted by Gasteiger charge is -2.25. The zero-order chi connectivity index (χ0) is 9.97. The summed E-state index contributed by atoms with van der Waals surface area (Å²) in [5.74, 6) is 0. The van der Waals surface area contributed by atoms with Crippen LogP contribution in [0.3, 0.4) is 0 Å². The summed E-state index contributed by atoms with van der Waals surface area (Å²) in [7, 11) is 0. The van der Waals surface area contributed by atoms with E-state index in [1.807, 2.05) is 10.1 Å². The van der Waals surface area contributed by atoms with Crippen LogP contribution in [-0.2, 0) is 0 Å². The minimum Gasteiger partial charge on any atom is -0.243 e. The Morgan fingerprint density at radius 2 is 2.00 bits per heavy atom. The summed E-state index contributed by atoms with van der Waals surface area (Å²) in [6.45, 7) is 5.02. The maximum Gasteiger partial charge on any atom is 0.133 e. The topological polar surface area (TPSA) is 30.9 Å². The van der Waals surface area contributed by atoms with Crippen molar-refractivity contribution in [3.63, 3.8) is 0 Å². The number of hydrazine groups is 2. The van der Waals surface area contributed by atoms with Gasteiger partial charge in [0.1, 0.15) is 6.34 Å². The van der Waals surface area contributed by atoms with Gasteiger partial charge >= 0.3 is 0 Å². The monoisotopic (exact) mass is 190 g/mol. The Hall–Kier alpha value is -1.55. The van der Waals surface area contributed by atoms with E-state index in [1.165, 1.54) is 5.56 Å². The number of anilines is 1. The third kappa shape index (κ3) is 1.56. The van der Waals surface area contributed by atoms with Gasteiger partial charge in [0.15, 0.2) is 0 Å². The molecular weight excluding hydrogens is 176 g/mol. The van der Waals surface area contributed by atoms with E-state index in [-0.39, 0.29) is 0 Å². The van der Waals surface area contributed by atoms with Gasteiger partial charge in [-0.1, -0.05) is 17.7 Å². The second kappa shape index (κ2) is 3.67. The summed E-state index contributed by atoms with van der Waals surface area (Å²) in [5.41, 5.74) is 5.28. The van der Waals surface area contributed by atoms with Crippen molar-refractivity contribution in [2.75, 3.05) is 11.6 Å². The fourth-order valence-electron chi connectivity index (χ4n) is 1.38. The molecule has 0 radical (unpaired) electrons. The van der Waals surface area contributed by atoms with Crippen LogP contribution >= 0.6 is 0 Å². The molecule has 0 atom stereocenters. The first-order valence-corrected chi connectivity index (χ1v) is 4.73. The Morgan fingerprint density at radius 1 is 1.29 bits per heavy atom. The minimum atomic E-state index is 0.869. The Kier molecular flexibility index (Phi) is 2.37. The smallest absolute Gasteiger partial charge is 0.133 e. The van der Waals surface area contributed by atoms with Crippen molar-refractivity contribution in [3.05, 3.63) is 29.8 Å². The van der Waals surface area contributed by atoms with Gasteiger partial charge in [0.25, 0.3) is 0 Å². The molecule has 0 aliphatic carbocycles. The predicted molar refractivity (Wildman–Crippen MR) is 57.7 cm³/mol. The molecule has 1 aromatic rings. The average molecular weight is 190 g/mol. The molecule has 1 aliphatic heterocycles. The maximum atomic E-state index is 3.99. The highest BCUT2D eigenvalue weighted by atomic mass is 15.9. The van der Waals surface area contributed by atoms with Crippen molar-refractivity contribution in [1.82, 2.24) is 10.7 Å². The van der Waals surface area contributed by atoms with Crippen LogP contribution in [0.2, 0.25) is 0 Å². The predicted octanol–water partition coefficient (Wildman–Crippen LogP) is 1.50. The van der Waals surface area contributed by atoms with E-state index >= 15 is 0 Å². The van der Waals surface area contributed by atoms with Crippen molar-refractivity contribution in [1.29, 1.82) is 0 Å². The highest BCUT2D eigenvalue weighted by molar-refractivity contribution is 5.78. The first kappa shape index (κ1) is 9.02. The minimum absolute atomic E-state index is 0.869. The number of benzene rings is 1. The van der Waals surface area contributed by atoms with Crippen molar-refractivity contribution >= 4 is 12.0 Å². The summed E-state index contributed by atoms with van der Waals surface area (Å²) in [5, 5.41) is 7.91. The van der Waals surface area contributed by atoms with Crippen LogP contribution in [0.15, 0.2) is 29.4 Å². The van der Waals surface area contributed by atoms with Gasteiger partial charge in [-0.05, 0) is 26.0 Å². The molecule has 0 fully saturated rings. The quantitative estimate of drug-likeness (QED) is 0.766. The molecule has 4 nitrogen and oxygen atoms in total. The molecule has 0 saturated carbocycles. The van der Waals surface area contributed by atoms with E-state index in [9.17, 15) is 0 Å². The fourth-order valence-corrected chi connectivity index (χ4v) is 1.38. The lowest BCUT2D eigenvalue weighted by atomic mass is 10.2. The van der Waals surface area contributed by atoms with Gasteiger partial charge in [-0.2, -0.15) is 5.10 Å². The average Bonchev–Trinajstić information content (AvgIpc) is 2.67. The zero-order valence-electron chi connectivity index (χ0n) is 8.44. The van der Waals surface area contributed by atoms with Crippen molar-refractivity contribution in [2.45, 2.75) is 13.8 Å². The van der Waals surface area contributed by atoms with E-state index < -0.39 is 0 Å². The Labute approximate surface area is 83.8 Å². The van der Waals surface area contributed by atoms with Crippen molar-refractivity contribution in [2.24, 2.45) is 5.10 Å². The molecule has 1 heterocycles. The van der Waals surface area contributed by atoms with E-state index in [4.69, 9.17) is 0 Å². The van der Waals surface area contributed by atoms with Gasteiger partial charge in [0.2, 0.25) is 0 Å². The molecule has 0 saturated heterocycles. The van der Waals surface area contributed by atoms with Gasteiger partial charge in [-0.3, -0.25) is 0 Å². The van der Waals surface area contributed by atoms with Gasteiger partial charge in [0.05, 0.1) is 5.69 Å². The van der Waals surface area contributed by atoms with Crippen LogP contribution in [0.4, 0.5) is 5.69 Å². The Bertz CT molecular complexity index is 330. The van der Waals surface area contributed by atoms with E-state index in [2.05, 4.69) is 48.7 Å². The summed E-state index contributed by atoms with van der Waals surface area (Å²) < 4.78 is 0. The van der Waals surface area contributed by atoms with Crippen molar-refractivity contribution < 1.29 is 0 Å². The molecule has 4 heteroatoms. The number of rotatable bonds is 2. The molecule has 0 spiro atoms. The molecule has 0 unspecified atom stereocenters. The third-order valence-electron chi connectivity index (χ3n) is 2.20. The molecule has 0 aromatic heterocycles. The Balaban J connectivity index is 2.22. The SMILES string of the molecule is CCN1NN=CN1c1ccc(C)cc1. The van der Waals surface area contributed by atoms with Crippen LogP contribution in [0.1, 0.15) is 12.5 Å². The summed E-state index contributed by atoms with van der Waals surface area (Å²) >= 11 is 0. The van der Waals surface area contributed by atoms with Crippen LogP contribution < -0.4 is 10.5 Å². The molecular formula is C10H14N4. The van der Waals surface area contributed by atoms with Crippen LogP contribution in [0, 0.1) is 6.92 Å². The molecule has 0 bridgehead atoms. The number of nitrogens with one attached hydrogen (secondary N) is 1. The number of hydrazone groups is 1. The molecule has 2 rings (SSSR count). The number of hydrogen-bond acceptors (Lipinski definition) is 4. The maximum absolute atomic E-state index is 3.99. The number of nitrogens with zero attached hydrogens (tertiary/aromatic N) is 3. The van der Waals surface area contributed by atoms with Crippen molar-refractivity contribution in [3.8, 4) is 0 Å². The molecule has 74 valence electrons. The van der Waals surface area contributed by atoms with Gasteiger partial charge in [-0.25, -0.2) is 10.5 Å². The second-order valence-corrected chi connectivity index (χ2v) is 3.24. The van der Waals surface area contributed by atoms with E-state index in [0.717, 1.165) is 12.2 Å². The molecule has 1 aromatic carbocycles. The highest BCUT2D eigenvalue weighted by Gasteiger charge is 2.16. The van der Waals surface area contributed by atoms with Crippen LogP contribution in [0.5, 0.6) is 0 Å². The molecule has 1 aliphatic rings. The van der Waals surface area contributed by atoms with Gasteiger partial charge < -0.3 is 0 Å². The highest BCUT2D eigenvalue weighted by Crippen LogP contribution is 2.16. The summed E-state index contributed by atoms with van der Waals surface area (Å²) in [6, 6.07) is 8.35. The van der Waals surface area contributed by atoms with Gasteiger partial charge in [-0.15, -0.1) is 5.12 Å². The lowest BCUT2D eigenvalue weighted by molar-refractivity contribution is 0.235. The third-order valence-corrected chi connectivity index (χ3v) is 2.20. The van der Waals surface area contributed by atoms with E-state index in [1.54, 1.807) is 6.34 Å². The van der Waals surface area contributed by atoms with E-state index in [0.29, 0.717) is 0 Å². The fraction of sp³-hybridized carbons (Fsp3) is 0.300. The van der Waals surface area contributed by atoms with Crippen LogP contribution in [-0.4, -0.2) is 18.0 Å². The Morgan fingerprint density at radius 3 is 2.64 bits per heavy atom. The molecule has 14 heavy (non-hydrogen) atoms. The first-order valence-electron chi connectivity index (χ1n) is 4.73.